The molecule has 1 aliphatic carbocycles. The molecular formula is C25H45B2NO2. The second-order valence-corrected chi connectivity index (χ2v) is 10.7. The van der Waals surface area contributed by atoms with Crippen LogP contribution in [0.25, 0.3) is 0 Å². The third kappa shape index (κ3) is 10.5. The van der Waals surface area contributed by atoms with Crippen LogP contribution in [0.4, 0.5) is 0 Å². The number of carbonyl (C=O) groups excluding carboxylic acids is 2. The monoisotopic (exact) mass is 413 g/mol. The van der Waals surface area contributed by atoms with Crippen LogP contribution in [0.15, 0.2) is 0 Å². The Hall–Kier alpha value is -0.730. The van der Waals surface area contributed by atoms with Crippen molar-refractivity contribution in [3.05, 3.63) is 0 Å². The Morgan fingerprint density at radius 3 is 1.33 bits per heavy atom. The van der Waals surface area contributed by atoms with Crippen LogP contribution in [0.5, 0.6) is 0 Å². The zero-order valence-corrected chi connectivity index (χ0v) is 19.9. The largest absolute Gasteiger partial charge is 0.296 e. The molecule has 168 valence electrons. The molecule has 2 rings (SSSR count). The zero-order valence-electron chi connectivity index (χ0n) is 19.9. The summed E-state index contributed by atoms with van der Waals surface area (Å²) in [6, 6.07) is 0. The van der Waals surface area contributed by atoms with Gasteiger partial charge in [-0.1, -0.05) is 121 Å². The Kier molecular flexibility index (Phi) is 11.6. The van der Waals surface area contributed by atoms with Gasteiger partial charge in [0.05, 0.1) is 14.3 Å². The summed E-state index contributed by atoms with van der Waals surface area (Å²) in [4.78, 5) is 23.7. The molecule has 1 saturated heterocycles. The summed E-state index contributed by atoms with van der Waals surface area (Å²) in [7, 11) is 5.06. The lowest BCUT2D eigenvalue weighted by molar-refractivity contribution is -0.130. The van der Waals surface area contributed by atoms with Crippen molar-refractivity contribution in [1.82, 2.24) is 5.32 Å². The summed E-state index contributed by atoms with van der Waals surface area (Å²) in [6.45, 7) is 4.84. The maximum Gasteiger partial charge on any atom is 0.226 e. The summed E-state index contributed by atoms with van der Waals surface area (Å²) in [5, 5.41) is 2.98. The van der Waals surface area contributed by atoms with E-state index < -0.39 is 0 Å². The molecule has 5 heteroatoms. The van der Waals surface area contributed by atoms with E-state index in [0.29, 0.717) is 18.2 Å². The molecule has 1 aliphatic heterocycles. The summed E-state index contributed by atoms with van der Waals surface area (Å²) in [6.07, 6.45) is 22.4. The van der Waals surface area contributed by atoms with E-state index in [2.05, 4.69) is 33.5 Å². The van der Waals surface area contributed by atoms with Crippen LogP contribution in [0.3, 0.4) is 0 Å². The van der Waals surface area contributed by atoms with Crippen LogP contribution in [-0.4, -0.2) is 26.2 Å². The first-order valence-electron chi connectivity index (χ1n) is 12.9. The van der Waals surface area contributed by atoms with Gasteiger partial charge in [0, 0.05) is 12.8 Å². The Bertz CT molecular complexity index is 511. The first-order valence-corrected chi connectivity index (χ1v) is 12.9. The van der Waals surface area contributed by atoms with E-state index in [1.54, 1.807) is 0 Å². The number of hydrogen-bond donors (Lipinski definition) is 1. The highest BCUT2D eigenvalue weighted by molar-refractivity contribution is 7.03. The molecule has 1 unspecified atom stereocenters. The van der Waals surface area contributed by atoms with E-state index in [-0.39, 0.29) is 17.1 Å². The molecule has 0 aromatic heterocycles. The second-order valence-electron chi connectivity index (χ2n) is 10.7. The lowest BCUT2D eigenvalue weighted by atomic mass is 9.20. The average Bonchev–Trinajstić information content (AvgIpc) is 2.71. The minimum atomic E-state index is -0.101. The molecule has 1 heterocycles. The second kappa shape index (κ2) is 13.6. The normalized spacial score (nSPS) is 28.6. The van der Waals surface area contributed by atoms with Gasteiger partial charge in [-0.2, -0.15) is 0 Å². The zero-order chi connectivity index (χ0) is 21.7. The Balaban J connectivity index is 1.92. The van der Waals surface area contributed by atoms with Crippen LogP contribution in [-0.2, 0) is 9.59 Å². The summed E-state index contributed by atoms with van der Waals surface area (Å²) < 4.78 is 0. The molecule has 2 fully saturated rings. The van der Waals surface area contributed by atoms with Gasteiger partial charge in [0.25, 0.3) is 0 Å². The molecule has 1 N–H and O–H groups in total. The molecular weight excluding hydrogens is 368 g/mol. The molecule has 2 amide bonds. The first-order chi connectivity index (χ1) is 14.4. The third-order valence-corrected chi connectivity index (χ3v) is 7.47. The van der Waals surface area contributed by atoms with Gasteiger partial charge in [-0.3, -0.25) is 14.9 Å². The highest BCUT2D eigenvalue weighted by Gasteiger charge is 2.31. The quantitative estimate of drug-likeness (QED) is 0.411. The molecule has 30 heavy (non-hydrogen) atoms. The van der Waals surface area contributed by atoms with Crippen molar-refractivity contribution in [2.45, 2.75) is 146 Å². The summed E-state index contributed by atoms with van der Waals surface area (Å²) in [5.41, 5.74) is 0. The topological polar surface area (TPSA) is 46.2 Å². The Morgan fingerprint density at radius 2 is 0.867 bits per heavy atom. The number of rotatable bonds is 3. The molecule has 2 aliphatic rings. The van der Waals surface area contributed by atoms with Crippen molar-refractivity contribution < 1.29 is 9.59 Å². The predicted octanol–water partition coefficient (Wildman–Crippen LogP) is 6.75. The van der Waals surface area contributed by atoms with Crippen LogP contribution in [0, 0.1) is 0 Å². The van der Waals surface area contributed by atoms with Gasteiger partial charge < -0.3 is 0 Å². The highest BCUT2D eigenvalue weighted by Crippen LogP contribution is 2.43. The van der Waals surface area contributed by atoms with E-state index in [1.165, 1.54) is 77.0 Å². The van der Waals surface area contributed by atoms with Crippen LogP contribution in [0.2, 0.25) is 10.6 Å². The molecule has 2 radical (unpaired) electrons. The van der Waals surface area contributed by atoms with E-state index in [1.807, 2.05) is 0 Å². The summed E-state index contributed by atoms with van der Waals surface area (Å²) >= 11 is 0. The fraction of sp³-hybridized carbons (Fsp3) is 0.920. The number of amides is 2. The summed E-state index contributed by atoms with van der Waals surface area (Å²) in [5.74, 6) is -0.203. The molecule has 0 aromatic rings. The van der Waals surface area contributed by atoms with Gasteiger partial charge in [-0.05, 0) is 12.8 Å². The highest BCUT2D eigenvalue weighted by atomic mass is 16.2. The number of carbonyl (C=O) groups is 2. The van der Waals surface area contributed by atoms with Crippen molar-refractivity contribution in [1.29, 1.82) is 0 Å². The molecule has 0 spiro atoms. The smallest absolute Gasteiger partial charge is 0.226 e. The number of nitrogens with one attached hydrogen (secondary N) is 1. The van der Waals surface area contributed by atoms with E-state index in [9.17, 15) is 9.59 Å². The van der Waals surface area contributed by atoms with Gasteiger partial charge >= 0.3 is 0 Å². The minimum absolute atomic E-state index is 0.101. The van der Waals surface area contributed by atoms with Gasteiger partial charge in [0.15, 0.2) is 0 Å². The van der Waals surface area contributed by atoms with Gasteiger partial charge in [-0.15, -0.1) is 0 Å². The van der Waals surface area contributed by atoms with Crippen molar-refractivity contribution in [2.24, 2.45) is 0 Å². The van der Waals surface area contributed by atoms with E-state index in [0.717, 1.165) is 32.1 Å². The standard InChI is InChI=1S/C25H45B2NO2/c1-24(18-12-9-7-5-3-4-6-8-10-13-19-24)26-27-25(2)20-14-11-16-22(29)28-23(30)17-15-21-25/h3-21H2,1-2H3,(H,28,29,30). The minimum Gasteiger partial charge on any atom is -0.296 e. The van der Waals surface area contributed by atoms with Gasteiger partial charge in [0.1, 0.15) is 0 Å². The fourth-order valence-electron chi connectivity index (χ4n) is 5.21. The SMILES string of the molecule is CC1([B][B]C2(C)CCCCC(=O)NC(=O)CCC2)CCCCCCCCCCCC1. The average molecular weight is 413 g/mol. The molecule has 1 saturated carbocycles. The van der Waals surface area contributed by atoms with Crippen LogP contribution >= 0.6 is 0 Å². The van der Waals surface area contributed by atoms with Crippen molar-refractivity contribution in [2.75, 3.05) is 0 Å². The first kappa shape index (κ1) is 25.5. The van der Waals surface area contributed by atoms with Crippen molar-refractivity contribution in [3.8, 4) is 0 Å². The number of imide groups is 1. The van der Waals surface area contributed by atoms with Crippen molar-refractivity contribution in [3.63, 3.8) is 0 Å². The fourth-order valence-corrected chi connectivity index (χ4v) is 5.21. The maximum atomic E-state index is 11.9. The number of hydrogen-bond acceptors (Lipinski definition) is 2. The maximum absolute atomic E-state index is 11.9. The van der Waals surface area contributed by atoms with Crippen molar-refractivity contribution >= 4 is 26.2 Å². The van der Waals surface area contributed by atoms with Gasteiger partial charge in [0.2, 0.25) is 11.8 Å². The van der Waals surface area contributed by atoms with E-state index >= 15 is 0 Å². The van der Waals surface area contributed by atoms with E-state index in [4.69, 9.17) is 0 Å². The lowest BCUT2D eigenvalue weighted by Gasteiger charge is -2.36. The van der Waals surface area contributed by atoms with Gasteiger partial charge in [-0.25, -0.2) is 0 Å². The third-order valence-electron chi connectivity index (χ3n) is 7.47. The molecule has 3 nitrogen and oxygen atoms in total. The van der Waals surface area contributed by atoms with Crippen LogP contribution in [0.1, 0.15) is 136 Å². The van der Waals surface area contributed by atoms with Crippen LogP contribution < -0.4 is 5.32 Å². The Labute approximate surface area is 187 Å². The lowest BCUT2D eigenvalue weighted by Crippen LogP contribution is -2.31. The Morgan fingerprint density at radius 1 is 0.533 bits per heavy atom. The molecule has 1 atom stereocenters. The molecule has 0 aromatic carbocycles. The molecule has 0 bridgehead atoms. The predicted molar refractivity (Wildman–Crippen MR) is 129 cm³/mol.